The first-order valence-electron chi connectivity index (χ1n) is 11.9. The van der Waals surface area contributed by atoms with E-state index in [1.165, 1.54) is 15.8 Å². The Hall–Kier alpha value is -1.65. The molecule has 0 aliphatic carbocycles. The van der Waals surface area contributed by atoms with Crippen LogP contribution in [0.3, 0.4) is 0 Å². The molecule has 3 atom stereocenters. The number of hydrogen-bond donors (Lipinski definition) is 1. The number of methoxy groups -OCH3 is 1. The van der Waals surface area contributed by atoms with E-state index in [2.05, 4.69) is 41.2 Å². The van der Waals surface area contributed by atoms with Crippen molar-refractivity contribution in [3.8, 4) is 0 Å². The zero-order valence-corrected chi connectivity index (χ0v) is 20.3. The molecule has 1 N–H and O–H groups in total. The molecular formula is C24H34N4O4S. The standard InChI is InChI=1S/C24H34N4O4S/c1-17-5-3-4-6-18(17)15-32-24(16-31-2)11-19-7-8-20(12-24)27(19)13-21(29)14-28-23(30)26-9-10-33-22(26)25-28/h3-6,19-21,29H,7-16H2,1-2H3. The number of thioether (sulfide) groups is 1. The molecule has 3 aliphatic rings. The van der Waals surface area contributed by atoms with E-state index in [-0.39, 0.29) is 17.8 Å². The van der Waals surface area contributed by atoms with E-state index in [1.807, 2.05) is 0 Å². The van der Waals surface area contributed by atoms with Crippen molar-refractivity contribution in [3.63, 3.8) is 0 Å². The molecule has 0 amide bonds. The van der Waals surface area contributed by atoms with Crippen LogP contribution in [0.25, 0.3) is 0 Å². The predicted molar refractivity (Wildman–Crippen MR) is 127 cm³/mol. The van der Waals surface area contributed by atoms with Crippen molar-refractivity contribution in [2.75, 3.05) is 26.0 Å². The van der Waals surface area contributed by atoms with E-state index >= 15 is 0 Å². The zero-order valence-electron chi connectivity index (χ0n) is 19.5. The summed E-state index contributed by atoms with van der Waals surface area (Å²) in [5, 5.41) is 16.0. The monoisotopic (exact) mass is 474 g/mol. The van der Waals surface area contributed by atoms with Gasteiger partial charge in [0.2, 0.25) is 0 Å². The topological polar surface area (TPSA) is 81.8 Å². The van der Waals surface area contributed by atoms with Crippen molar-refractivity contribution in [2.24, 2.45) is 0 Å². The third-order valence-corrected chi connectivity index (χ3v) is 8.38. The summed E-state index contributed by atoms with van der Waals surface area (Å²) < 4.78 is 15.3. The highest BCUT2D eigenvalue weighted by atomic mass is 32.2. The molecule has 4 heterocycles. The van der Waals surface area contributed by atoms with Gasteiger partial charge in [0.15, 0.2) is 5.16 Å². The van der Waals surface area contributed by atoms with Gasteiger partial charge in [-0.25, -0.2) is 9.48 Å². The highest BCUT2D eigenvalue weighted by Crippen LogP contribution is 2.43. The third-order valence-electron chi connectivity index (χ3n) is 7.43. The van der Waals surface area contributed by atoms with E-state index in [9.17, 15) is 9.90 Å². The van der Waals surface area contributed by atoms with Gasteiger partial charge in [-0.05, 0) is 43.7 Å². The van der Waals surface area contributed by atoms with Crippen molar-refractivity contribution >= 4 is 11.8 Å². The van der Waals surface area contributed by atoms with Gasteiger partial charge in [0.1, 0.15) is 0 Å². The molecule has 9 heteroatoms. The van der Waals surface area contributed by atoms with Gasteiger partial charge in [-0.15, -0.1) is 5.10 Å². The van der Waals surface area contributed by atoms with Crippen molar-refractivity contribution in [1.29, 1.82) is 0 Å². The van der Waals surface area contributed by atoms with Crippen molar-refractivity contribution in [3.05, 3.63) is 45.9 Å². The predicted octanol–water partition coefficient (Wildman–Crippen LogP) is 2.05. The molecule has 3 aliphatic heterocycles. The van der Waals surface area contributed by atoms with Crippen LogP contribution < -0.4 is 5.69 Å². The summed E-state index contributed by atoms with van der Waals surface area (Å²) in [4.78, 5) is 14.9. The third kappa shape index (κ3) is 4.66. The molecule has 33 heavy (non-hydrogen) atoms. The number of aliphatic hydroxyl groups excluding tert-OH is 1. The molecule has 0 spiro atoms. The van der Waals surface area contributed by atoms with Crippen LogP contribution in [0.15, 0.2) is 34.2 Å². The summed E-state index contributed by atoms with van der Waals surface area (Å²) in [6, 6.07) is 9.06. The van der Waals surface area contributed by atoms with E-state index in [1.54, 1.807) is 23.4 Å². The first kappa shape index (κ1) is 23.1. The number of piperidine rings is 1. The lowest BCUT2D eigenvalue weighted by molar-refractivity contribution is -0.146. The fourth-order valence-electron chi connectivity index (χ4n) is 5.80. The quantitative estimate of drug-likeness (QED) is 0.596. The van der Waals surface area contributed by atoms with Gasteiger partial charge >= 0.3 is 5.69 Å². The number of aliphatic hydroxyl groups is 1. The van der Waals surface area contributed by atoms with Crippen LogP contribution in [-0.4, -0.2) is 74.2 Å². The number of benzene rings is 1. The zero-order chi connectivity index (χ0) is 23.0. The van der Waals surface area contributed by atoms with Crippen LogP contribution in [0.5, 0.6) is 0 Å². The summed E-state index contributed by atoms with van der Waals surface area (Å²) in [7, 11) is 1.75. The van der Waals surface area contributed by atoms with Gasteiger partial charge in [-0.1, -0.05) is 36.0 Å². The lowest BCUT2D eigenvalue weighted by Crippen LogP contribution is -2.56. The summed E-state index contributed by atoms with van der Waals surface area (Å²) in [5.41, 5.74) is 2.05. The second-order valence-corrected chi connectivity index (χ2v) is 10.8. The van der Waals surface area contributed by atoms with Crippen LogP contribution in [0.1, 0.15) is 36.8 Å². The Morgan fingerprint density at radius 1 is 1.24 bits per heavy atom. The molecule has 5 rings (SSSR count). The Balaban J connectivity index is 1.23. The number of ether oxygens (including phenoxy) is 2. The molecule has 1 aromatic heterocycles. The fraction of sp³-hybridized carbons (Fsp3) is 0.667. The van der Waals surface area contributed by atoms with Crippen molar-refractivity contribution in [2.45, 2.75) is 81.2 Å². The van der Waals surface area contributed by atoms with E-state index < -0.39 is 6.10 Å². The van der Waals surface area contributed by atoms with Crippen LogP contribution in [-0.2, 0) is 29.2 Å². The van der Waals surface area contributed by atoms with Crippen LogP contribution in [0.2, 0.25) is 0 Å². The van der Waals surface area contributed by atoms with Gasteiger partial charge in [-0.3, -0.25) is 9.47 Å². The highest BCUT2D eigenvalue weighted by Gasteiger charge is 2.49. The minimum Gasteiger partial charge on any atom is -0.390 e. The smallest absolute Gasteiger partial charge is 0.346 e. The fourth-order valence-corrected chi connectivity index (χ4v) is 6.74. The maximum absolute atomic E-state index is 12.5. The number of rotatable bonds is 9. The SMILES string of the molecule is COCC1(OCc2ccccc2C)CC2CCC(C1)N2CC(O)Cn1nc2n(c1=O)CCS2. The lowest BCUT2D eigenvalue weighted by Gasteiger charge is -2.46. The van der Waals surface area contributed by atoms with Crippen LogP contribution in [0, 0.1) is 6.92 Å². The van der Waals surface area contributed by atoms with E-state index in [0.717, 1.165) is 36.6 Å². The molecule has 2 fully saturated rings. The number of fused-ring (bicyclic) bond motifs is 3. The molecule has 0 radical (unpaired) electrons. The van der Waals surface area contributed by atoms with Crippen molar-refractivity contribution in [1.82, 2.24) is 19.2 Å². The summed E-state index contributed by atoms with van der Waals surface area (Å²) in [6.45, 7) is 4.78. The largest absolute Gasteiger partial charge is 0.390 e. The minimum atomic E-state index is -0.630. The molecule has 2 saturated heterocycles. The summed E-state index contributed by atoms with van der Waals surface area (Å²) in [6.07, 6.45) is 3.36. The number of nitrogens with zero attached hydrogens (tertiary/aromatic N) is 4. The Bertz CT molecular complexity index is 1020. The minimum absolute atomic E-state index is 0.112. The first-order valence-corrected chi connectivity index (χ1v) is 12.9. The Kier molecular flexibility index (Phi) is 6.68. The molecule has 2 bridgehead atoms. The maximum Gasteiger partial charge on any atom is 0.346 e. The average molecular weight is 475 g/mol. The second kappa shape index (κ2) is 9.54. The van der Waals surface area contributed by atoms with Gasteiger partial charge < -0.3 is 14.6 Å². The number of hydrogen-bond acceptors (Lipinski definition) is 7. The first-order chi connectivity index (χ1) is 16.0. The summed E-state index contributed by atoms with van der Waals surface area (Å²) >= 11 is 1.60. The molecular weight excluding hydrogens is 440 g/mol. The van der Waals surface area contributed by atoms with E-state index in [4.69, 9.17) is 9.47 Å². The molecule has 0 saturated carbocycles. The van der Waals surface area contributed by atoms with Crippen LogP contribution in [0.4, 0.5) is 0 Å². The highest BCUT2D eigenvalue weighted by molar-refractivity contribution is 7.99. The number of aryl methyl sites for hydroxylation is 1. The summed E-state index contributed by atoms with van der Waals surface area (Å²) in [5.74, 6) is 0.896. The van der Waals surface area contributed by atoms with Gasteiger partial charge in [0, 0.05) is 38.0 Å². The van der Waals surface area contributed by atoms with Gasteiger partial charge in [0.05, 0.1) is 31.5 Å². The van der Waals surface area contributed by atoms with Gasteiger partial charge in [0.25, 0.3) is 0 Å². The van der Waals surface area contributed by atoms with E-state index in [0.29, 0.717) is 38.4 Å². The Morgan fingerprint density at radius 3 is 2.70 bits per heavy atom. The Labute approximate surface area is 198 Å². The molecule has 180 valence electrons. The lowest BCUT2D eigenvalue weighted by atomic mass is 9.86. The normalized spacial score (nSPS) is 27.7. The second-order valence-electron chi connectivity index (χ2n) is 9.72. The average Bonchev–Trinajstić information content (AvgIpc) is 3.43. The van der Waals surface area contributed by atoms with Crippen LogP contribution >= 0.6 is 11.8 Å². The molecule has 8 nitrogen and oxygen atoms in total. The number of aromatic nitrogens is 3. The molecule has 3 unspecified atom stereocenters. The molecule has 1 aromatic carbocycles. The maximum atomic E-state index is 12.5. The Morgan fingerprint density at radius 2 is 2.00 bits per heavy atom. The van der Waals surface area contributed by atoms with Gasteiger partial charge in [-0.2, -0.15) is 0 Å². The molecule has 2 aromatic rings. The van der Waals surface area contributed by atoms with Crippen molar-refractivity contribution < 1.29 is 14.6 Å².